The lowest BCUT2D eigenvalue weighted by molar-refractivity contribution is 0.0674. The molecule has 2 heterocycles. The first-order valence-electron chi connectivity index (χ1n) is 8.57. The smallest absolute Gasteiger partial charge is 0.191 e. The van der Waals surface area contributed by atoms with E-state index in [9.17, 15) is 0 Å². The van der Waals surface area contributed by atoms with Crippen LogP contribution >= 0.6 is 24.0 Å². The van der Waals surface area contributed by atoms with Gasteiger partial charge >= 0.3 is 0 Å². The van der Waals surface area contributed by atoms with Crippen LogP contribution in [0, 0.1) is 0 Å². The summed E-state index contributed by atoms with van der Waals surface area (Å²) in [6, 6.07) is 6.01. The first-order chi connectivity index (χ1) is 12.2. The van der Waals surface area contributed by atoms with E-state index in [1.807, 2.05) is 12.1 Å². The molecule has 0 atom stereocenters. The largest absolute Gasteiger partial charge is 0.497 e. The highest BCUT2D eigenvalue weighted by Gasteiger charge is 2.12. The van der Waals surface area contributed by atoms with Crippen LogP contribution in [0.1, 0.15) is 12.1 Å². The van der Waals surface area contributed by atoms with Gasteiger partial charge < -0.3 is 29.8 Å². The van der Waals surface area contributed by atoms with Gasteiger partial charge in [0, 0.05) is 42.8 Å². The molecule has 0 amide bonds. The number of benzene rings is 1. The Morgan fingerprint density at radius 3 is 2.69 bits per heavy atom. The zero-order valence-electron chi connectivity index (χ0n) is 15.3. The van der Waals surface area contributed by atoms with E-state index in [0.717, 1.165) is 67.2 Å². The first-order valence-corrected chi connectivity index (χ1v) is 8.57. The molecule has 1 aliphatic rings. The lowest BCUT2D eigenvalue weighted by atomic mass is 10.2. The lowest BCUT2D eigenvalue weighted by Crippen LogP contribution is -2.44. The van der Waals surface area contributed by atoms with E-state index in [-0.39, 0.29) is 24.0 Å². The Labute approximate surface area is 170 Å². The summed E-state index contributed by atoms with van der Waals surface area (Å²) in [5.74, 6) is 2.21. The van der Waals surface area contributed by atoms with E-state index in [1.54, 1.807) is 14.2 Å². The number of aromatic amines is 1. The van der Waals surface area contributed by atoms with Gasteiger partial charge in [-0.1, -0.05) is 0 Å². The summed E-state index contributed by atoms with van der Waals surface area (Å²) in [6.45, 7) is 3.78. The summed E-state index contributed by atoms with van der Waals surface area (Å²) in [7, 11) is 3.32. The zero-order valence-corrected chi connectivity index (χ0v) is 17.6. The molecule has 0 spiro atoms. The summed E-state index contributed by atoms with van der Waals surface area (Å²) < 4.78 is 16.1. The molecule has 1 aromatic carbocycles. The molecule has 8 heteroatoms. The van der Waals surface area contributed by atoms with E-state index in [1.165, 1.54) is 0 Å². The van der Waals surface area contributed by atoms with E-state index < -0.39 is 0 Å². The van der Waals surface area contributed by atoms with Gasteiger partial charge in [-0.3, -0.25) is 4.99 Å². The van der Waals surface area contributed by atoms with Gasteiger partial charge in [0.25, 0.3) is 0 Å². The fraction of sp³-hybridized carbons (Fsp3) is 0.500. The minimum atomic E-state index is 0. The number of nitrogens with zero attached hydrogens (tertiary/aromatic N) is 2. The highest BCUT2D eigenvalue weighted by molar-refractivity contribution is 14.0. The molecule has 1 aromatic heterocycles. The van der Waals surface area contributed by atoms with Crippen LogP contribution in [0.3, 0.4) is 0 Å². The van der Waals surface area contributed by atoms with Gasteiger partial charge in [0.05, 0.1) is 33.0 Å². The van der Waals surface area contributed by atoms with Crippen molar-refractivity contribution in [3.05, 3.63) is 23.9 Å². The number of nitrogens with one attached hydrogen (secondary N) is 1. The molecule has 1 saturated heterocycles. The number of fused-ring (bicyclic) bond motifs is 1. The van der Waals surface area contributed by atoms with Crippen molar-refractivity contribution in [1.29, 1.82) is 0 Å². The number of ether oxygens (including phenoxy) is 3. The topological polar surface area (TPSA) is 85.1 Å². The number of nitrogens with two attached hydrogens (primary N) is 1. The van der Waals surface area contributed by atoms with Gasteiger partial charge in [-0.2, -0.15) is 0 Å². The lowest BCUT2D eigenvalue weighted by Gasteiger charge is -2.27. The summed E-state index contributed by atoms with van der Waals surface area (Å²) >= 11 is 0. The van der Waals surface area contributed by atoms with Crippen molar-refractivity contribution in [2.45, 2.75) is 12.8 Å². The monoisotopic (exact) mass is 474 g/mol. The standard InChI is InChI=1S/C18H26N4O3.HI/c1-23-14-11-16-15(17(12-14)24-2)10-13(21-16)4-3-5-20-18(19)22-6-8-25-9-7-22;/h10-12,21H,3-9H2,1-2H3,(H2,19,20);1H. The number of morpholine rings is 1. The molecular weight excluding hydrogens is 447 g/mol. The first kappa shape index (κ1) is 20.6. The summed E-state index contributed by atoms with van der Waals surface area (Å²) in [4.78, 5) is 9.99. The molecule has 26 heavy (non-hydrogen) atoms. The van der Waals surface area contributed by atoms with Crippen molar-refractivity contribution in [1.82, 2.24) is 9.88 Å². The Morgan fingerprint density at radius 2 is 2.00 bits per heavy atom. The average molecular weight is 474 g/mol. The van der Waals surface area contributed by atoms with Crippen LogP contribution < -0.4 is 15.2 Å². The Balaban J connectivity index is 0.00000243. The van der Waals surface area contributed by atoms with E-state index >= 15 is 0 Å². The van der Waals surface area contributed by atoms with Crippen molar-refractivity contribution in [3.8, 4) is 11.5 Å². The molecule has 7 nitrogen and oxygen atoms in total. The minimum Gasteiger partial charge on any atom is -0.497 e. The van der Waals surface area contributed by atoms with E-state index in [4.69, 9.17) is 19.9 Å². The maximum Gasteiger partial charge on any atom is 0.191 e. The van der Waals surface area contributed by atoms with Gasteiger partial charge in [-0.05, 0) is 18.9 Å². The van der Waals surface area contributed by atoms with Gasteiger partial charge in [0.15, 0.2) is 5.96 Å². The van der Waals surface area contributed by atoms with Crippen LogP contribution in [-0.4, -0.2) is 62.9 Å². The second kappa shape index (κ2) is 9.86. The van der Waals surface area contributed by atoms with Gasteiger partial charge in [0.2, 0.25) is 0 Å². The SMILES string of the molecule is COc1cc(OC)c2cc(CCCN=C(N)N3CCOCC3)[nH]c2c1.I. The molecule has 144 valence electrons. The van der Waals surface area contributed by atoms with E-state index in [0.29, 0.717) is 12.5 Å². The predicted molar refractivity (Wildman–Crippen MR) is 114 cm³/mol. The van der Waals surface area contributed by atoms with Crippen molar-refractivity contribution in [2.75, 3.05) is 47.1 Å². The Hall–Kier alpha value is -1.68. The summed E-state index contributed by atoms with van der Waals surface area (Å²) in [6.07, 6.45) is 1.83. The third kappa shape index (κ3) is 4.94. The van der Waals surface area contributed by atoms with Crippen LogP contribution in [-0.2, 0) is 11.2 Å². The van der Waals surface area contributed by atoms with Crippen molar-refractivity contribution in [2.24, 2.45) is 10.7 Å². The predicted octanol–water partition coefficient (Wildman–Crippen LogP) is 2.38. The van der Waals surface area contributed by atoms with Crippen LogP contribution in [0.15, 0.2) is 23.2 Å². The van der Waals surface area contributed by atoms with Crippen LogP contribution in [0.2, 0.25) is 0 Å². The van der Waals surface area contributed by atoms with Crippen LogP contribution in [0.5, 0.6) is 11.5 Å². The number of halogens is 1. The molecule has 0 radical (unpaired) electrons. The molecule has 0 aliphatic carbocycles. The number of methoxy groups -OCH3 is 2. The van der Waals surface area contributed by atoms with Crippen molar-refractivity contribution < 1.29 is 14.2 Å². The third-order valence-electron chi connectivity index (χ3n) is 4.40. The molecule has 3 rings (SSSR count). The fourth-order valence-electron chi connectivity index (χ4n) is 3.01. The normalized spacial score (nSPS) is 15.0. The molecule has 0 unspecified atom stereocenters. The molecule has 0 bridgehead atoms. The van der Waals surface area contributed by atoms with Crippen LogP contribution in [0.4, 0.5) is 0 Å². The minimum absolute atomic E-state index is 0. The number of aliphatic imine (C=N–C) groups is 1. The zero-order chi connectivity index (χ0) is 17.6. The van der Waals surface area contributed by atoms with Crippen LogP contribution in [0.25, 0.3) is 10.9 Å². The van der Waals surface area contributed by atoms with Gasteiger partial charge in [-0.15, -0.1) is 24.0 Å². The number of hydrogen-bond donors (Lipinski definition) is 2. The average Bonchev–Trinajstić information content (AvgIpc) is 3.07. The quantitative estimate of drug-likeness (QED) is 0.291. The Bertz CT molecular complexity index is 741. The summed E-state index contributed by atoms with van der Waals surface area (Å²) in [5, 5.41) is 1.06. The van der Waals surface area contributed by atoms with Crippen molar-refractivity contribution in [3.63, 3.8) is 0 Å². The van der Waals surface area contributed by atoms with Gasteiger partial charge in [0.1, 0.15) is 11.5 Å². The molecule has 2 aromatic rings. The fourth-order valence-corrected chi connectivity index (χ4v) is 3.01. The maximum atomic E-state index is 6.04. The number of H-pyrrole nitrogens is 1. The van der Waals surface area contributed by atoms with E-state index in [2.05, 4.69) is 20.9 Å². The third-order valence-corrected chi connectivity index (χ3v) is 4.40. The molecular formula is C18H27IN4O3. The second-order valence-electron chi connectivity index (χ2n) is 6.03. The van der Waals surface area contributed by atoms with Gasteiger partial charge in [-0.25, -0.2) is 0 Å². The Morgan fingerprint density at radius 1 is 1.23 bits per heavy atom. The second-order valence-corrected chi connectivity index (χ2v) is 6.03. The maximum absolute atomic E-state index is 6.04. The number of aromatic nitrogens is 1. The molecule has 1 fully saturated rings. The number of guanidine groups is 1. The number of aryl methyl sites for hydroxylation is 1. The number of hydrogen-bond acceptors (Lipinski definition) is 4. The van der Waals surface area contributed by atoms with Crippen molar-refractivity contribution >= 4 is 40.8 Å². The molecule has 0 saturated carbocycles. The molecule has 3 N–H and O–H groups in total. The summed E-state index contributed by atoms with van der Waals surface area (Å²) in [5.41, 5.74) is 8.21. The highest BCUT2D eigenvalue weighted by Crippen LogP contribution is 2.31. The Kier molecular flexibility index (Phi) is 7.83. The molecule has 1 aliphatic heterocycles. The highest BCUT2D eigenvalue weighted by atomic mass is 127. The number of rotatable bonds is 6.